The molecular weight excluding hydrogens is 192 g/mol. The monoisotopic (exact) mass is 210 g/mol. The van der Waals surface area contributed by atoms with Gasteiger partial charge in [0, 0.05) is 45.0 Å². The standard InChI is InChI=1S/C10H18N4O/c1-8(6-10(15)14(2)3)11-7-9-4-5-12-13-9/h4-5,8,11H,6-7H2,1-3H3,(H,12,13). The lowest BCUT2D eigenvalue weighted by molar-refractivity contribution is -0.129. The molecule has 0 saturated carbocycles. The molecule has 0 aromatic carbocycles. The van der Waals surface area contributed by atoms with Crippen LogP contribution in [0.3, 0.4) is 0 Å². The van der Waals surface area contributed by atoms with Gasteiger partial charge in [-0.15, -0.1) is 0 Å². The molecule has 1 rings (SSSR count). The predicted molar refractivity (Wildman–Crippen MR) is 58.2 cm³/mol. The number of nitrogens with one attached hydrogen (secondary N) is 2. The van der Waals surface area contributed by atoms with Crippen LogP contribution in [-0.4, -0.2) is 41.1 Å². The van der Waals surface area contributed by atoms with Gasteiger partial charge in [-0.2, -0.15) is 5.10 Å². The van der Waals surface area contributed by atoms with E-state index < -0.39 is 0 Å². The van der Waals surface area contributed by atoms with E-state index in [9.17, 15) is 4.79 Å². The summed E-state index contributed by atoms with van der Waals surface area (Å²) in [6, 6.07) is 2.08. The Kier molecular flexibility index (Phi) is 4.30. The zero-order valence-corrected chi connectivity index (χ0v) is 9.45. The van der Waals surface area contributed by atoms with Crippen LogP contribution in [-0.2, 0) is 11.3 Å². The average Bonchev–Trinajstić information content (AvgIpc) is 2.66. The summed E-state index contributed by atoms with van der Waals surface area (Å²) < 4.78 is 0. The topological polar surface area (TPSA) is 61.0 Å². The molecule has 1 unspecified atom stereocenters. The summed E-state index contributed by atoms with van der Waals surface area (Å²) in [4.78, 5) is 13.0. The molecule has 5 heteroatoms. The van der Waals surface area contributed by atoms with Crippen molar-refractivity contribution in [1.29, 1.82) is 0 Å². The minimum Gasteiger partial charge on any atom is -0.349 e. The van der Waals surface area contributed by atoms with E-state index in [1.807, 2.05) is 13.0 Å². The van der Waals surface area contributed by atoms with E-state index in [1.165, 1.54) is 0 Å². The van der Waals surface area contributed by atoms with Crippen molar-refractivity contribution in [2.75, 3.05) is 14.1 Å². The molecule has 1 aromatic heterocycles. The van der Waals surface area contributed by atoms with Crippen molar-refractivity contribution < 1.29 is 4.79 Å². The molecule has 15 heavy (non-hydrogen) atoms. The van der Waals surface area contributed by atoms with Crippen molar-refractivity contribution in [3.05, 3.63) is 18.0 Å². The fourth-order valence-corrected chi connectivity index (χ4v) is 1.18. The van der Waals surface area contributed by atoms with Crippen LogP contribution in [0.1, 0.15) is 19.0 Å². The van der Waals surface area contributed by atoms with E-state index in [0.29, 0.717) is 13.0 Å². The molecule has 0 fully saturated rings. The number of aromatic amines is 1. The number of carbonyl (C=O) groups excluding carboxylic acids is 1. The summed E-state index contributed by atoms with van der Waals surface area (Å²) in [6.07, 6.45) is 2.23. The van der Waals surface area contributed by atoms with Crippen LogP contribution >= 0.6 is 0 Å². The van der Waals surface area contributed by atoms with Crippen molar-refractivity contribution in [2.24, 2.45) is 0 Å². The number of H-pyrrole nitrogens is 1. The molecule has 1 atom stereocenters. The molecule has 0 bridgehead atoms. The maximum absolute atomic E-state index is 11.4. The van der Waals surface area contributed by atoms with Gasteiger partial charge in [-0.05, 0) is 13.0 Å². The number of nitrogens with zero attached hydrogens (tertiary/aromatic N) is 2. The lowest BCUT2D eigenvalue weighted by Crippen LogP contribution is -2.33. The Morgan fingerprint density at radius 1 is 1.67 bits per heavy atom. The molecule has 0 aliphatic heterocycles. The van der Waals surface area contributed by atoms with Gasteiger partial charge in [0.25, 0.3) is 0 Å². The summed E-state index contributed by atoms with van der Waals surface area (Å²) >= 11 is 0. The minimum atomic E-state index is 0.139. The molecule has 1 aromatic rings. The van der Waals surface area contributed by atoms with Crippen molar-refractivity contribution in [2.45, 2.75) is 25.9 Å². The van der Waals surface area contributed by atoms with Crippen LogP contribution in [0.5, 0.6) is 0 Å². The van der Waals surface area contributed by atoms with Crippen molar-refractivity contribution >= 4 is 5.91 Å². The maximum Gasteiger partial charge on any atom is 0.223 e. The van der Waals surface area contributed by atoms with Gasteiger partial charge < -0.3 is 10.2 Å². The summed E-state index contributed by atoms with van der Waals surface area (Å²) in [5, 5.41) is 9.96. The number of carbonyl (C=O) groups is 1. The first kappa shape index (κ1) is 11.7. The van der Waals surface area contributed by atoms with Crippen LogP contribution in [0.4, 0.5) is 0 Å². The number of aromatic nitrogens is 2. The van der Waals surface area contributed by atoms with Crippen LogP contribution in [0.2, 0.25) is 0 Å². The second kappa shape index (κ2) is 5.50. The van der Waals surface area contributed by atoms with Crippen LogP contribution in [0, 0.1) is 0 Å². The molecule has 2 N–H and O–H groups in total. The summed E-state index contributed by atoms with van der Waals surface area (Å²) in [5.41, 5.74) is 1.03. The third-order valence-electron chi connectivity index (χ3n) is 2.18. The molecular formula is C10H18N4O. The second-order valence-corrected chi connectivity index (χ2v) is 3.86. The fraction of sp³-hybridized carbons (Fsp3) is 0.600. The van der Waals surface area contributed by atoms with Gasteiger partial charge in [0.05, 0.1) is 0 Å². The molecule has 84 valence electrons. The first-order chi connectivity index (χ1) is 7.09. The van der Waals surface area contributed by atoms with E-state index in [2.05, 4.69) is 15.5 Å². The Bertz CT molecular complexity index is 294. The molecule has 5 nitrogen and oxygen atoms in total. The Labute approximate surface area is 89.9 Å². The summed E-state index contributed by atoms with van der Waals surface area (Å²) in [7, 11) is 3.54. The lowest BCUT2D eigenvalue weighted by Gasteiger charge is -2.15. The molecule has 0 aliphatic rings. The molecule has 1 amide bonds. The highest BCUT2D eigenvalue weighted by atomic mass is 16.2. The Hall–Kier alpha value is -1.36. The molecule has 0 saturated heterocycles. The summed E-state index contributed by atoms with van der Waals surface area (Å²) in [6.45, 7) is 2.71. The zero-order chi connectivity index (χ0) is 11.3. The highest BCUT2D eigenvalue weighted by molar-refractivity contribution is 5.76. The number of hydrogen-bond acceptors (Lipinski definition) is 3. The number of hydrogen-bond donors (Lipinski definition) is 2. The maximum atomic E-state index is 11.4. The van der Waals surface area contributed by atoms with E-state index >= 15 is 0 Å². The highest BCUT2D eigenvalue weighted by Gasteiger charge is 2.09. The van der Waals surface area contributed by atoms with Gasteiger partial charge in [-0.3, -0.25) is 9.89 Å². The van der Waals surface area contributed by atoms with Gasteiger partial charge in [-0.1, -0.05) is 0 Å². The fourth-order valence-electron chi connectivity index (χ4n) is 1.18. The molecule has 0 aliphatic carbocycles. The van der Waals surface area contributed by atoms with E-state index in [-0.39, 0.29) is 11.9 Å². The average molecular weight is 210 g/mol. The normalized spacial score (nSPS) is 12.5. The zero-order valence-electron chi connectivity index (χ0n) is 9.45. The number of amides is 1. The van der Waals surface area contributed by atoms with Crippen LogP contribution in [0.15, 0.2) is 12.3 Å². The Morgan fingerprint density at radius 3 is 2.93 bits per heavy atom. The third kappa shape index (κ3) is 4.12. The summed E-state index contributed by atoms with van der Waals surface area (Å²) in [5.74, 6) is 0.139. The molecule has 1 heterocycles. The van der Waals surface area contributed by atoms with Gasteiger partial charge in [0.15, 0.2) is 0 Å². The van der Waals surface area contributed by atoms with Crippen molar-refractivity contribution in [3.63, 3.8) is 0 Å². The molecule has 0 spiro atoms. The first-order valence-corrected chi connectivity index (χ1v) is 5.01. The van der Waals surface area contributed by atoms with Gasteiger partial charge in [0.1, 0.15) is 0 Å². The lowest BCUT2D eigenvalue weighted by atomic mass is 10.2. The Morgan fingerprint density at radius 2 is 2.40 bits per heavy atom. The predicted octanol–water partition coefficient (Wildman–Crippen LogP) is 0.366. The van der Waals surface area contributed by atoms with Crippen LogP contribution in [0.25, 0.3) is 0 Å². The van der Waals surface area contributed by atoms with Crippen LogP contribution < -0.4 is 5.32 Å². The van der Waals surface area contributed by atoms with Crippen molar-refractivity contribution in [3.8, 4) is 0 Å². The first-order valence-electron chi connectivity index (χ1n) is 5.01. The van der Waals surface area contributed by atoms with E-state index in [0.717, 1.165) is 5.69 Å². The third-order valence-corrected chi connectivity index (χ3v) is 2.18. The van der Waals surface area contributed by atoms with E-state index in [4.69, 9.17) is 0 Å². The number of rotatable bonds is 5. The van der Waals surface area contributed by atoms with E-state index in [1.54, 1.807) is 25.2 Å². The highest BCUT2D eigenvalue weighted by Crippen LogP contribution is 1.97. The van der Waals surface area contributed by atoms with Gasteiger partial charge in [-0.25, -0.2) is 0 Å². The van der Waals surface area contributed by atoms with Gasteiger partial charge >= 0.3 is 0 Å². The SMILES string of the molecule is CC(CC(=O)N(C)C)NCc1ccn[nH]1. The van der Waals surface area contributed by atoms with Crippen molar-refractivity contribution in [1.82, 2.24) is 20.4 Å². The smallest absolute Gasteiger partial charge is 0.223 e. The van der Waals surface area contributed by atoms with Gasteiger partial charge in [0.2, 0.25) is 5.91 Å². The Balaban J connectivity index is 2.24. The molecule has 0 radical (unpaired) electrons. The quantitative estimate of drug-likeness (QED) is 0.738. The largest absolute Gasteiger partial charge is 0.349 e. The second-order valence-electron chi connectivity index (χ2n) is 3.86. The minimum absolute atomic E-state index is 0.139.